The number of likely N-dealkylation sites (tertiary alicyclic amines) is 1. The van der Waals surface area contributed by atoms with Crippen LogP contribution in [0.4, 0.5) is 0 Å². The van der Waals surface area contributed by atoms with Crippen LogP contribution in [0.3, 0.4) is 0 Å². The van der Waals surface area contributed by atoms with Gasteiger partial charge in [-0.05, 0) is 33.6 Å². The zero-order valence-electron chi connectivity index (χ0n) is 13.4. The van der Waals surface area contributed by atoms with Crippen molar-refractivity contribution in [2.75, 3.05) is 13.1 Å². The molecular weight excluding hydrogens is 296 g/mol. The van der Waals surface area contributed by atoms with Gasteiger partial charge >= 0.3 is 0 Å². The van der Waals surface area contributed by atoms with E-state index in [1.54, 1.807) is 11.3 Å². The van der Waals surface area contributed by atoms with Crippen LogP contribution in [-0.2, 0) is 6.54 Å². The van der Waals surface area contributed by atoms with Crippen LogP contribution in [0.5, 0.6) is 0 Å². The van der Waals surface area contributed by atoms with Gasteiger partial charge in [-0.25, -0.2) is 4.98 Å². The van der Waals surface area contributed by atoms with Crippen molar-refractivity contribution in [1.82, 2.24) is 19.7 Å². The van der Waals surface area contributed by atoms with Crippen LogP contribution in [0.15, 0.2) is 12.4 Å². The molecule has 22 heavy (non-hydrogen) atoms. The fourth-order valence-electron chi connectivity index (χ4n) is 2.98. The van der Waals surface area contributed by atoms with Crippen molar-refractivity contribution >= 4 is 17.2 Å². The van der Waals surface area contributed by atoms with Crippen LogP contribution in [-0.4, -0.2) is 38.7 Å². The van der Waals surface area contributed by atoms with Crippen LogP contribution in [0, 0.1) is 13.8 Å². The van der Waals surface area contributed by atoms with Gasteiger partial charge in [0.05, 0.1) is 16.3 Å². The molecule has 118 valence electrons. The van der Waals surface area contributed by atoms with E-state index in [-0.39, 0.29) is 5.91 Å². The molecule has 6 heteroatoms. The minimum Gasteiger partial charge on any atom is -0.338 e. The predicted octanol–water partition coefficient (Wildman–Crippen LogP) is 3.00. The fourth-order valence-corrected chi connectivity index (χ4v) is 3.88. The fraction of sp³-hybridized carbons (Fsp3) is 0.562. The highest BCUT2D eigenvalue weighted by Gasteiger charge is 2.28. The van der Waals surface area contributed by atoms with Gasteiger partial charge < -0.3 is 4.90 Å². The number of piperidine rings is 1. The topological polar surface area (TPSA) is 51.0 Å². The molecule has 0 spiro atoms. The monoisotopic (exact) mass is 318 g/mol. The van der Waals surface area contributed by atoms with Crippen molar-refractivity contribution in [3.63, 3.8) is 0 Å². The first kappa shape index (κ1) is 15.2. The molecule has 0 N–H and O–H groups in total. The zero-order chi connectivity index (χ0) is 15.7. The van der Waals surface area contributed by atoms with Crippen molar-refractivity contribution in [2.24, 2.45) is 0 Å². The average molecular weight is 318 g/mol. The molecule has 3 rings (SSSR count). The lowest BCUT2D eigenvalue weighted by atomic mass is 9.98. The second-order valence-electron chi connectivity index (χ2n) is 5.88. The Morgan fingerprint density at radius 1 is 1.45 bits per heavy atom. The molecule has 0 bridgehead atoms. The molecule has 2 aromatic heterocycles. The Morgan fingerprint density at radius 2 is 2.27 bits per heavy atom. The van der Waals surface area contributed by atoms with E-state index < -0.39 is 0 Å². The maximum absolute atomic E-state index is 12.8. The van der Waals surface area contributed by atoms with Crippen molar-refractivity contribution < 1.29 is 4.79 Å². The normalized spacial score (nSPS) is 18.7. The lowest BCUT2D eigenvalue weighted by Gasteiger charge is -2.31. The number of hydrogen-bond donors (Lipinski definition) is 0. The van der Waals surface area contributed by atoms with Crippen LogP contribution in [0.25, 0.3) is 0 Å². The van der Waals surface area contributed by atoms with Gasteiger partial charge in [0.2, 0.25) is 0 Å². The molecule has 0 radical (unpaired) electrons. The number of thiazole rings is 1. The Labute approximate surface area is 135 Å². The van der Waals surface area contributed by atoms with Gasteiger partial charge in [0.25, 0.3) is 5.91 Å². The first-order valence-corrected chi connectivity index (χ1v) is 8.65. The van der Waals surface area contributed by atoms with E-state index in [0.717, 1.165) is 48.7 Å². The first-order chi connectivity index (χ1) is 10.6. The SMILES string of the molecule is CCn1cc(C(=O)N2CCC[C@H](c3ncc(C)s3)C2)c(C)n1. The lowest BCUT2D eigenvalue weighted by Crippen LogP contribution is -2.39. The minimum absolute atomic E-state index is 0.107. The summed E-state index contributed by atoms with van der Waals surface area (Å²) in [5.41, 5.74) is 1.55. The van der Waals surface area contributed by atoms with Gasteiger partial charge in [0, 0.05) is 42.8 Å². The second kappa shape index (κ2) is 6.20. The average Bonchev–Trinajstić information content (AvgIpc) is 3.12. The number of hydrogen-bond acceptors (Lipinski definition) is 4. The predicted molar refractivity (Wildman–Crippen MR) is 87.4 cm³/mol. The third-order valence-corrected chi connectivity index (χ3v) is 5.27. The van der Waals surface area contributed by atoms with Crippen molar-refractivity contribution in [2.45, 2.75) is 46.1 Å². The van der Waals surface area contributed by atoms with Gasteiger partial charge in [-0.2, -0.15) is 5.10 Å². The summed E-state index contributed by atoms with van der Waals surface area (Å²) in [7, 11) is 0. The van der Waals surface area contributed by atoms with Crippen molar-refractivity contribution in [3.8, 4) is 0 Å². The van der Waals surface area contributed by atoms with E-state index in [0.29, 0.717) is 5.92 Å². The molecule has 1 amide bonds. The summed E-state index contributed by atoms with van der Waals surface area (Å²) in [6.45, 7) is 8.40. The largest absolute Gasteiger partial charge is 0.338 e. The molecule has 1 aliphatic heterocycles. The molecule has 2 aromatic rings. The van der Waals surface area contributed by atoms with Crippen LogP contribution < -0.4 is 0 Å². The summed E-state index contributed by atoms with van der Waals surface area (Å²) < 4.78 is 1.83. The lowest BCUT2D eigenvalue weighted by molar-refractivity contribution is 0.0706. The number of rotatable bonds is 3. The van der Waals surface area contributed by atoms with Crippen LogP contribution in [0.1, 0.15) is 51.6 Å². The number of aromatic nitrogens is 3. The summed E-state index contributed by atoms with van der Waals surface area (Å²) in [5.74, 6) is 0.480. The van der Waals surface area contributed by atoms with E-state index >= 15 is 0 Å². The molecule has 1 atom stereocenters. The molecule has 5 nitrogen and oxygen atoms in total. The molecule has 0 unspecified atom stereocenters. The minimum atomic E-state index is 0.107. The summed E-state index contributed by atoms with van der Waals surface area (Å²) in [6, 6.07) is 0. The van der Waals surface area contributed by atoms with E-state index in [1.165, 1.54) is 4.88 Å². The summed E-state index contributed by atoms with van der Waals surface area (Å²) in [6.07, 6.45) is 5.95. The van der Waals surface area contributed by atoms with Gasteiger partial charge in [0.1, 0.15) is 0 Å². The standard InChI is InChI=1S/C16H22N4OS/c1-4-20-10-14(12(3)18-20)16(21)19-7-5-6-13(9-19)15-17-8-11(2)22-15/h8,10,13H,4-7,9H2,1-3H3/t13-/m0/s1. The summed E-state index contributed by atoms with van der Waals surface area (Å²) in [4.78, 5) is 20.5. The molecule has 1 aliphatic rings. The van der Waals surface area contributed by atoms with Crippen LogP contribution >= 0.6 is 11.3 Å². The number of amides is 1. The Hall–Kier alpha value is -1.69. The summed E-state index contributed by atoms with van der Waals surface area (Å²) in [5, 5.41) is 5.55. The smallest absolute Gasteiger partial charge is 0.257 e. The second-order valence-corrected chi connectivity index (χ2v) is 7.15. The maximum Gasteiger partial charge on any atom is 0.257 e. The molecule has 0 saturated carbocycles. The van der Waals surface area contributed by atoms with Gasteiger partial charge in [-0.3, -0.25) is 9.48 Å². The Bertz CT molecular complexity index is 675. The van der Waals surface area contributed by atoms with Gasteiger partial charge in [0.15, 0.2) is 0 Å². The number of carbonyl (C=O) groups excluding carboxylic acids is 1. The zero-order valence-corrected chi connectivity index (χ0v) is 14.2. The number of aryl methyl sites for hydroxylation is 3. The van der Waals surface area contributed by atoms with E-state index in [9.17, 15) is 4.79 Å². The third kappa shape index (κ3) is 2.92. The molecule has 0 aliphatic carbocycles. The van der Waals surface area contributed by atoms with Crippen molar-refractivity contribution in [1.29, 1.82) is 0 Å². The van der Waals surface area contributed by atoms with Crippen molar-refractivity contribution in [3.05, 3.63) is 33.5 Å². The molecular formula is C16H22N4OS. The maximum atomic E-state index is 12.8. The van der Waals surface area contributed by atoms with E-state index in [1.807, 2.05) is 35.8 Å². The highest BCUT2D eigenvalue weighted by molar-refractivity contribution is 7.11. The van der Waals surface area contributed by atoms with Crippen LogP contribution in [0.2, 0.25) is 0 Å². The third-order valence-electron chi connectivity index (χ3n) is 4.20. The molecule has 0 aromatic carbocycles. The van der Waals surface area contributed by atoms with E-state index in [2.05, 4.69) is 17.0 Å². The Kier molecular flexibility index (Phi) is 4.29. The number of carbonyl (C=O) groups is 1. The Morgan fingerprint density at radius 3 is 2.91 bits per heavy atom. The molecule has 3 heterocycles. The van der Waals surface area contributed by atoms with Gasteiger partial charge in [-0.15, -0.1) is 11.3 Å². The van der Waals surface area contributed by atoms with Gasteiger partial charge in [-0.1, -0.05) is 0 Å². The number of nitrogens with zero attached hydrogens (tertiary/aromatic N) is 4. The summed E-state index contributed by atoms with van der Waals surface area (Å²) >= 11 is 1.75. The Balaban J connectivity index is 1.76. The molecule has 1 fully saturated rings. The molecule has 1 saturated heterocycles. The van der Waals surface area contributed by atoms with E-state index in [4.69, 9.17) is 0 Å². The first-order valence-electron chi connectivity index (χ1n) is 7.84. The highest BCUT2D eigenvalue weighted by Crippen LogP contribution is 2.30. The highest BCUT2D eigenvalue weighted by atomic mass is 32.1. The quantitative estimate of drug-likeness (QED) is 0.874.